The van der Waals surface area contributed by atoms with Crippen molar-refractivity contribution in [3.05, 3.63) is 59.9 Å². The molecule has 0 aliphatic carbocycles. The third kappa shape index (κ3) is 6.19. The molecule has 0 bridgehead atoms. The zero-order valence-corrected chi connectivity index (χ0v) is 19.0. The number of sulfonamides is 1. The molecule has 1 fully saturated rings. The van der Waals surface area contributed by atoms with Gasteiger partial charge in [-0.15, -0.1) is 0 Å². The van der Waals surface area contributed by atoms with E-state index in [2.05, 4.69) is 29.3 Å². The molecule has 0 spiro atoms. The molecule has 1 amide bonds. The van der Waals surface area contributed by atoms with Crippen LogP contribution in [0.15, 0.2) is 48.5 Å². The minimum Gasteiger partial charge on any atom is -0.371 e. The van der Waals surface area contributed by atoms with Crippen LogP contribution < -0.4 is 14.5 Å². The quantitative estimate of drug-likeness (QED) is 0.703. The molecule has 0 aromatic heterocycles. The average Bonchev–Trinajstić information content (AvgIpc) is 2.72. The van der Waals surface area contributed by atoms with Gasteiger partial charge in [0.05, 0.1) is 18.0 Å². The molecule has 2 aromatic carbocycles. The van der Waals surface area contributed by atoms with Crippen LogP contribution in [0.4, 0.5) is 15.8 Å². The first kappa shape index (κ1) is 23.1. The average molecular weight is 448 g/mol. The summed E-state index contributed by atoms with van der Waals surface area (Å²) in [5, 5.41) is 2.85. The van der Waals surface area contributed by atoms with Crippen LogP contribution in [0.25, 0.3) is 0 Å². The third-order valence-electron chi connectivity index (χ3n) is 5.59. The smallest absolute Gasteiger partial charge is 0.241 e. The fourth-order valence-corrected chi connectivity index (χ4v) is 4.76. The van der Waals surface area contributed by atoms with Gasteiger partial charge in [-0.05, 0) is 67.6 Å². The molecular weight excluding hydrogens is 417 g/mol. The lowest BCUT2D eigenvalue weighted by Gasteiger charge is -2.33. The Balaban J connectivity index is 1.64. The summed E-state index contributed by atoms with van der Waals surface area (Å²) in [4.78, 5) is 15.0. The Labute approximate surface area is 184 Å². The Morgan fingerprint density at radius 2 is 1.84 bits per heavy atom. The summed E-state index contributed by atoms with van der Waals surface area (Å²) in [6.07, 6.45) is 3.48. The molecule has 2 aromatic rings. The van der Waals surface area contributed by atoms with E-state index in [1.165, 1.54) is 42.8 Å². The van der Waals surface area contributed by atoms with Crippen molar-refractivity contribution in [2.45, 2.75) is 32.7 Å². The molecule has 1 saturated heterocycles. The Bertz CT molecular complexity index is 994. The van der Waals surface area contributed by atoms with Gasteiger partial charge in [-0.1, -0.05) is 19.1 Å². The summed E-state index contributed by atoms with van der Waals surface area (Å²) in [5.41, 5.74) is 2.36. The lowest BCUT2D eigenvalue weighted by Crippen LogP contribution is -2.41. The summed E-state index contributed by atoms with van der Waals surface area (Å²) >= 11 is 0. The highest BCUT2D eigenvalue weighted by atomic mass is 32.2. The van der Waals surface area contributed by atoms with Crippen molar-refractivity contribution in [3.8, 4) is 0 Å². The molecule has 168 valence electrons. The third-order valence-corrected chi connectivity index (χ3v) is 6.74. The number of anilines is 2. The van der Waals surface area contributed by atoms with Crippen LogP contribution >= 0.6 is 0 Å². The number of benzene rings is 2. The minimum atomic E-state index is -3.70. The molecule has 1 N–H and O–H groups in total. The number of rotatable bonds is 7. The first-order valence-corrected chi connectivity index (χ1v) is 12.4. The van der Waals surface area contributed by atoms with Crippen molar-refractivity contribution < 1.29 is 17.6 Å². The van der Waals surface area contributed by atoms with Crippen molar-refractivity contribution in [1.29, 1.82) is 0 Å². The van der Waals surface area contributed by atoms with E-state index >= 15 is 0 Å². The van der Waals surface area contributed by atoms with E-state index in [0.29, 0.717) is 5.92 Å². The van der Waals surface area contributed by atoms with Gasteiger partial charge in [0, 0.05) is 18.8 Å². The van der Waals surface area contributed by atoms with Crippen LogP contribution in [0.1, 0.15) is 38.3 Å². The summed E-state index contributed by atoms with van der Waals surface area (Å²) in [5.74, 6) is -0.223. The Morgan fingerprint density at radius 3 is 2.42 bits per heavy atom. The monoisotopic (exact) mass is 447 g/mol. The number of carbonyl (C=O) groups is 1. The van der Waals surface area contributed by atoms with Crippen molar-refractivity contribution in [3.63, 3.8) is 0 Å². The van der Waals surface area contributed by atoms with E-state index in [4.69, 9.17) is 0 Å². The molecule has 1 heterocycles. The highest BCUT2D eigenvalue weighted by molar-refractivity contribution is 7.92. The van der Waals surface area contributed by atoms with Gasteiger partial charge >= 0.3 is 0 Å². The maximum Gasteiger partial charge on any atom is 0.241 e. The first-order valence-electron chi connectivity index (χ1n) is 10.5. The van der Waals surface area contributed by atoms with Crippen molar-refractivity contribution in [2.24, 2.45) is 5.92 Å². The van der Waals surface area contributed by atoms with Gasteiger partial charge in [-0.2, -0.15) is 0 Å². The second-order valence-corrected chi connectivity index (χ2v) is 10.2. The molecule has 2 atom stereocenters. The van der Waals surface area contributed by atoms with E-state index in [1.54, 1.807) is 0 Å². The zero-order chi connectivity index (χ0) is 22.6. The van der Waals surface area contributed by atoms with Crippen LogP contribution in [0.2, 0.25) is 0 Å². The van der Waals surface area contributed by atoms with Crippen LogP contribution in [0.3, 0.4) is 0 Å². The largest absolute Gasteiger partial charge is 0.371 e. The highest BCUT2D eigenvalue weighted by Gasteiger charge is 2.22. The van der Waals surface area contributed by atoms with Crippen molar-refractivity contribution in [2.75, 3.05) is 35.1 Å². The number of carbonyl (C=O) groups excluding carboxylic acids is 1. The maximum absolute atomic E-state index is 13.2. The summed E-state index contributed by atoms with van der Waals surface area (Å²) in [6, 6.07) is 12.9. The number of amides is 1. The van der Waals surface area contributed by atoms with Crippen LogP contribution in [0.5, 0.6) is 0 Å². The van der Waals surface area contributed by atoms with Gasteiger partial charge in [0.25, 0.3) is 0 Å². The predicted octanol–water partition coefficient (Wildman–Crippen LogP) is 3.71. The van der Waals surface area contributed by atoms with Gasteiger partial charge < -0.3 is 10.2 Å². The van der Waals surface area contributed by atoms with Gasteiger partial charge in [-0.25, -0.2) is 12.8 Å². The normalized spacial score (nSPS) is 17.8. The van der Waals surface area contributed by atoms with E-state index in [1.807, 2.05) is 19.1 Å². The van der Waals surface area contributed by atoms with E-state index in [9.17, 15) is 17.6 Å². The molecule has 0 unspecified atom stereocenters. The number of halogens is 1. The number of hydrogen-bond donors (Lipinski definition) is 1. The first-order chi connectivity index (χ1) is 14.6. The van der Waals surface area contributed by atoms with E-state index in [0.717, 1.165) is 29.2 Å². The highest BCUT2D eigenvalue weighted by Crippen LogP contribution is 2.25. The molecular formula is C23H30FN3O3S. The van der Waals surface area contributed by atoms with Gasteiger partial charge in [-0.3, -0.25) is 9.10 Å². The summed E-state index contributed by atoms with van der Waals surface area (Å²) < 4.78 is 38.5. The molecule has 0 saturated carbocycles. The zero-order valence-electron chi connectivity index (χ0n) is 18.2. The van der Waals surface area contributed by atoms with Gasteiger partial charge in [0.2, 0.25) is 15.9 Å². The van der Waals surface area contributed by atoms with E-state index < -0.39 is 21.7 Å². The van der Waals surface area contributed by atoms with Crippen molar-refractivity contribution in [1.82, 2.24) is 5.32 Å². The Morgan fingerprint density at radius 1 is 1.19 bits per heavy atom. The molecule has 1 aliphatic rings. The minimum absolute atomic E-state index is 0.242. The fourth-order valence-electron chi connectivity index (χ4n) is 3.91. The lowest BCUT2D eigenvalue weighted by atomic mass is 9.99. The van der Waals surface area contributed by atoms with Crippen molar-refractivity contribution >= 4 is 27.3 Å². The van der Waals surface area contributed by atoms with E-state index in [-0.39, 0.29) is 18.3 Å². The fraction of sp³-hybridized carbons (Fsp3) is 0.435. The second-order valence-electron chi connectivity index (χ2n) is 8.32. The number of nitrogens with zero attached hydrogens (tertiary/aromatic N) is 2. The molecule has 31 heavy (non-hydrogen) atoms. The number of piperidine rings is 1. The van der Waals surface area contributed by atoms with Gasteiger partial charge in [0.1, 0.15) is 12.4 Å². The molecule has 1 aliphatic heterocycles. The predicted molar refractivity (Wildman–Crippen MR) is 122 cm³/mol. The summed E-state index contributed by atoms with van der Waals surface area (Å²) in [6.45, 7) is 5.86. The SMILES string of the molecule is C[C@H]1CCCN(c2ccc([C@@H](C)NC(=O)CN(c3ccc(F)cc3)S(C)(=O)=O)cc2)C1. The van der Waals surface area contributed by atoms with Gasteiger partial charge in [0.15, 0.2) is 0 Å². The Hall–Kier alpha value is -2.61. The molecule has 0 radical (unpaired) electrons. The maximum atomic E-state index is 13.2. The number of nitrogens with one attached hydrogen (secondary N) is 1. The standard InChI is InChI=1S/C23H30FN3O3S/c1-17-5-4-14-26(15-17)21-10-6-19(7-11-21)18(2)25-23(28)16-27(31(3,29)30)22-12-8-20(24)9-13-22/h6-13,17-18H,4-5,14-16H2,1-3H3,(H,25,28)/t17-,18+/m0/s1. The number of hydrogen-bond acceptors (Lipinski definition) is 4. The summed E-state index contributed by atoms with van der Waals surface area (Å²) in [7, 11) is -3.70. The molecule has 6 nitrogen and oxygen atoms in total. The lowest BCUT2D eigenvalue weighted by molar-refractivity contribution is -0.120. The Kier molecular flexibility index (Phi) is 7.20. The molecule has 3 rings (SSSR count). The topological polar surface area (TPSA) is 69.7 Å². The second kappa shape index (κ2) is 9.68. The van der Waals surface area contributed by atoms with Crippen LogP contribution in [0, 0.1) is 11.7 Å². The molecule has 8 heteroatoms. The van der Waals surface area contributed by atoms with Crippen LogP contribution in [-0.4, -0.2) is 40.2 Å². The van der Waals surface area contributed by atoms with Crippen LogP contribution in [-0.2, 0) is 14.8 Å².